The summed E-state index contributed by atoms with van der Waals surface area (Å²) in [4.78, 5) is 3.18. The summed E-state index contributed by atoms with van der Waals surface area (Å²) in [7, 11) is 0. The first-order valence-corrected chi connectivity index (χ1v) is 4.33. The van der Waals surface area contributed by atoms with Crippen LogP contribution in [0.1, 0.15) is 17.6 Å². The van der Waals surface area contributed by atoms with Gasteiger partial charge in [0, 0.05) is 0 Å². The fourth-order valence-corrected chi connectivity index (χ4v) is 1.15. The molecule has 16 heavy (non-hydrogen) atoms. The molecule has 0 unspecified atom stereocenters. The van der Waals surface area contributed by atoms with Crippen LogP contribution in [0.5, 0.6) is 0 Å². The van der Waals surface area contributed by atoms with Crippen molar-refractivity contribution in [2.45, 2.75) is 24.2 Å². The first-order valence-electron chi connectivity index (χ1n) is 3.80. The molecular formula is C7H4ClF6NO. The Morgan fingerprint density at radius 3 is 2.00 bits per heavy atom. The Hall–Kier alpha value is -0.920. The molecule has 0 amide bonds. The zero-order valence-electron chi connectivity index (χ0n) is 7.36. The molecule has 0 aliphatic carbocycles. The van der Waals surface area contributed by atoms with E-state index in [0.717, 1.165) is 0 Å². The van der Waals surface area contributed by atoms with E-state index in [1.807, 2.05) is 0 Å². The molecule has 0 aromatic carbocycles. The van der Waals surface area contributed by atoms with Gasteiger partial charge < -0.3 is 4.42 Å². The third-order valence-electron chi connectivity index (χ3n) is 1.62. The molecule has 1 heterocycles. The molecule has 1 aromatic rings. The molecule has 0 spiro atoms. The number of hydrogen-bond acceptors (Lipinski definition) is 2. The first-order chi connectivity index (χ1) is 7.16. The average molecular weight is 268 g/mol. The second kappa shape index (κ2) is 4.15. The van der Waals surface area contributed by atoms with E-state index in [9.17, 15) is 26.3 Å². The molecule has 0 saturated carbocycles. The van der Waals surface area contributed by atoms with Crippen molar-refractivity contribution in [2.75, 3.05) is 0 Å². The molecule has 1 aromatic heterocycles. The summed E-state index contributed by atoms with van der Waals surface area (Å²) in [6.07, 6.45) is -10.6. The van der Waals surface area contributed by atoms with E-state index in [2.05, 4.69) is 9.40 Å². The summed E-state index contributed by atoms with van der Waals surface area (Å²) < 4.78 is 77.3. The van der Waals surface area contributed by atoms with Gasteiger partial charge >= 0.3 is 12.4 Å². The molecule has 0 radical (unpaired) electrons. The summed E-state index contributed by atoms with van der Waals surface area (Å²) in [6, 6.07) is 0. The molecule has 1 rings (SSSR count). The molecule has 92 valence electrons. The predicted octanol–water partition coefficient (Wildman–Crippen LogP) is 3.62. The largest absolute Gasteiger partial charge is 0.443 e. The molecule has 0 fully saturated rings. The SMILES string of the molecule is FC(F)(F)C(c1cnc(CCl)o1)C(F)(F)F. The van der Waals surface area contributed by atoms with Crippen LogP contribution >= 0.6 is 11.6 Å². The Kier molecular flexibility index (Phi) is 3.41. The highest BCUT2D eigenvalue weighted by atomic mass is 35.5. The number of rotatable bonds is 2. The average Bonchev–Trinajstić information content (AvgIpc) is 2.47. The van der Waals surface area contributed by atoms with E-state index >= 15 is 0 Å². The molecular weight excluding hydrogens is 264 g/mol. The minimum atomic E-state index is -5.48. The maximum Gasteiger partial charge on any atom is 0.407 e. The van der Waals surface area contributed by atoms with Crippen molar-refractivity contribution in [3.05, 3.63) is 17.8 Å². The summed E-state index contributed by atoms with van der Waals surface area (Å²) in [5, 5.41) is 0. The van der Waals surface area contributed by atoms with Gasteiger partial charge in [0.1, 0.15) is 5.76 Å². The predicted molar refractivity (Wildman–Crippen MR) is 40.9 cm³/mol. The van der Waals surface area contributed by atoms with E-state index < -0.39 is 35.8 Å². The molecule has 0 aliphatic heterocycles. The van der Waals surface area contributed by atoms with Crippen molar-refractivity contribution in [1.82, 2.24) is 4.98 Å². The van der Waals surface area contributed by atoms with Crippen LogP contribution in [0.2, 0.25) is 0 Å². The van der Waals surface area contributed by atoms with Gasteiger partial charge in [0.2, 0.25) is 11.8 Å². The van der Waals surface area contributed by atoms with E-state index in [1.54, 1.807) is 0 Å². The Morgan fingerprint density at radius 2 is 1.69 bits per heavy atom. The van der Waals surface area contributed by atoms with Crippen molar-refractivity contribution in [3.8, 4) is 0 Å². The van der Waals surface area contributed by atoms with Gasteiger partial charge in [-0.2, -0.15) is 26.3 Å². The first kappa shape index (κ1) is 13.1. The van der Waals surface area contributed by atoms with Gasteiger partial charge in [-0.05, 0) is 0 Å². The third-order valence-corrected chi connectivity index (χ3v) is 1.85. The van der Waals surface area contributed by atoms with Crippen LogP contribution in [0.4, 0.5) is 26.3 Å². The van der Waals surface area contributed by atoms with Crippen LogP contribution in [0.3, 0.4) is 0 Å². The zero-order valence-corrected chi connectivity index (χ0v) is 8.12. The second-order valence-corrected chi connectivity index (χ2v) is 3.07. The lowest BCUT2D eigenvalue weighted by Crippen LogP contribution is -2.33. The van der Waals surface area contributed by atoms with Crippen LogP contribution < -0.4 is 0 Å². The van der Waals surface area contributed by atoms with Crippen molar-refractivity contribution in [2.24, 2.45) is 0 Å². The van der Waals surface area contributed by atoms with Gasteiger partial charge in [0.05, 0.1) is 12.1 Å². The van der Waals surface area contributed by atoms with Gasteiger partial charge in [0.25, 0.3) is 0 Å². The monoisotopic (exact) mass is 267 g/mol. The van der Waals surface area contributed by atoms with Crippen molar-refractivity contribution >= 4 is 11.6 Å². The number of hydrogen-bond donors (Lipinski definition) is 0. The highest BCUT2D eigenvalue weighted by Gasteiger charge is 2.59. The summed E-state index contributed by atoms with van der Waals surface area (Å²) in [5.41, 5.74) is 0. The maximum absolute atomic E-state index is 12.2. The number of halogens is 7. The molecule has 0 N–H and O–H groups in total. The minimum Gasteiger partial charge on any atom is -0.443 e. The van der Waals surface area contributed by atoms with E-state index in [0.29, 0.717) is 6.20 Å². The standard InChI is InChI=1S/C7H4ClF6NO/c8-1-4-15-2-3(16-4)5(6(9,10)11)7(12,13)14/h2,5H,1H2. The van der Waals surface area contributed by atoms with Crippen molar-refractivity contribution in [3.63, 3.8) is 0 Å². The van der Waals surface area contributed by atoms with Crippen LogP contribution in [0.25, 0.3) is 0 Å². The summed E-state index contributed by atoms with van der Waals surface area (Å²) in [6.45, 7) is 0. The Labute approximate surface area is 90.2 Å². The fourth-order valence-electron chi connectivity index (χ4n) is 1.03. The van der Waals surface area contributed by atoms with Crippen LogP contribution in [-0.4, -0.2) is 17.3 Å². The summed E-state index contributed by atoms with van der Waals surface area (Å²) in [5.74, 6) is -5.78. The topological polar surface area (TPSA) is 26.0 Å². The van der Waals surface area contributed by atoms with Crippen LogP contribution in [-0.2, 0) is 5.88 Å². The smallest absolute Gasteiger partial charge is 0.407 e. The Balaban J connectivity index is 3.12. The number of aromatic nitrogens is 1. The molecule has 0 saturated heterocycles. The number of oxazole rings is 1. The molecule has 0 bridgehead atoms. The van der Waals surface area contributed by atoms with Gasteiger partial charge in [-0.15, -0.1) is 11.6 Å². The normalized spacial score (nSPS) is 13.5. The summed E-state index contributed by atoms with van der Waals surface area (Å²) >= 11 is 5.15. The lowest BCUT2D eigenvalue weighted by Gasteiger charge is -2.20. The Bertz CT molecular complexity index is 342. The van der Waals surface area contributed by atoms with Crippen LogP contribution in [0, 0.1) is 0 Å². The Morgan fingerprint density at radius 1 is 1.19 bits per heavy atom. The molecule has 9 heteroatoms. The number of alkyl halides is 7. The zero-order chi connectivity index (χ0) is 12.6. The highest BCUT2D eigenvalue weighted by molar-refractivity contribution is 6.16. The van der Waals surface area contributed by atoms with Crippen molar-refractivity contribution < 1.29 is 30.8 Å². The quantitative estimate of drug-likeness (QED) is 0.604. The third kappa shape index (κ3) is 2.81. The molecule has 2 nitrogen and oxygen atoms in total. The number of nitrogens with zero attached hydrogens (tertiary/aromatic N) is 1. The van der Waals surface area contributed by atoms with Gasteiger partial charge in [-0.3, -0.25) is 0 Å². The lowest BCUT2D eigenvalue weighted by atomic mass is 10.1. The lowest BCUT2D eigenvalue weighted by molar-refractivity contribution is -0.257. The van der Waals surface area contributed by atoms with E-state index in [-0.39, 0.29) is 0 Å². The van der Waals surface area contributed by atoms with Gasteiger partial charge in [-0.25, -0.2) is 4.98 Å². The molecule has 0 aliphatic rings. The minimum absolute atomic E-state index is 0.378. The van der Waals surface area contributed by atoms with E-state index in [4.69, 9.17) is 11.6 Å². The van der Waals surface area contributed by atoms with Gasteiger partial charge in [0.15, 0.2) is 0 Å². The maximum atomic E-state index is 12.2. The van der Waals surface area contributed by atoms with Crippen molar-refractivity contribution in [1.29, 1.82) is 0 Å². The van der Waals surface area contributed by atoms with Gasteiger partial charge in [-0.1, -0.05) is 0 Å². The second-order valence-electron chi connectivity index (χ2n) is 2.81. The van der Waals surface area contributed by atoms with Crippen LogP contribution in [0.15, 0.2) is 10.6 Å². The fraction of sp³-hybridized carbons (Fsp3) is 0.571. The van der Waals surface area contributed by atoms with E-state index in [1.165, 1.54) is 0 Å². The highest BCUT2D eigenvalue weighted by Crippen LogP contribution is 2.46. The molecule has 0 atom stereocenters.